The molecule has 4 rings (SSSR count). The molecule has 6 heteroatoms. The van der Waals surface area contributed by atoms with Gasteiger partial charge in [0.25, 0.3) is 10.0 Å². The van der Waals surface area contributed by atoms with Gasteiger partial charge in [-0.05, 0) is 36.4 Å². The maximum atomic E-state index is 12.9. The summed E-state index contributed by atoms with van der Waals surface area (Å²) in [7, 11) is -3.55. The van der Waals surface area contributed by atoms with Crippen molar-refractivity contribution in [3.63, 3.8) is 0 Å². The zero-order valence-electron chi connectivity index (χ0n) is 15.7. The molecule has 3 aromatic rings. The topological polar surface area (TPSA) is 66.5 Å². The molecule has 0 unspecified atom stereocenters. The fraction of sp³-hybridized carbons (Fsp3) is 0.227. The summed E-state index contributed by atoms with van der Waals surface area (Å²) in [5, 5.41) is 4.59. The molecule has 1 N–H and O–H groups in total. The molecule has 0 saturated heterocycles. The fourth-order valence-electron chi connectivity index (χ4n) is 3.69. The molecule has 1 aliphatic rings. The van der Waals surface area contributed by atoms with E-state index in [1.54, 1.807) is 12.1 Å². The maximum Gasteiger partial charge on any atom is 0.265 e. The quantitative estimate of drug-likeness (QED) is 0.692. The van der Waals surface area contributed by atoms with Gasteiger partial charge in [0.15, 0.2) is 0 Å². The van der Waals surface area contributed by atoms with Gasteiger partial charge in [-0.2, -0.15) is 0 Å². The molecule has 0 radical (unpaired) electrons. The summed E-state index contributed by atoms with van der Waals surface area (Å²) >= 11 is 0. The molecule has 144 valence electrons. The van der Waals surface area contributed by atoms with Crippen molar-refractivity contribution in [2.24, 2.45) is 0 Å². The first-order chi connectivity index (χ1) is 13.5. The average molecular weight is 394 g/mol. The van der Waals surface area contributed by atoms with Crippen molar-refractivity contribution in [3.05, 3.63) is 71.8 Å². The van der Waals surface area contributed by atoms with Gasteiger partial charge in [-0.1, -0.05) is 54.1 Å². The van der Waals surface area contributed by atoms with Crippen molar-refractivity contribution >= 4 is 32.4 Å². The lowest BCUT2D eigenvalue weighted by Crippen LogP contribution is -2.30. The van der Waals surface area contributed by atoms with Gasteiger partial charge in [0.05, 0.1) is 10.6 Å². The molecular weight excluding hydrogens is 372 g/mol. The highest BCUT2D eigenvalue weighted by atomic mass is 32.2. The van der Waals surface area contributed by atoms with Gasteiger partial charge in [-0.25, -0.2) is 8.42 Å². The molecule has 0 spiro atoms. The third-order valence-electron chi connectivity index (χ3n) is 5.02. The highest BCUT2D eigenvalue weighted by molar-refractivity contribution is 7.93. The molecule has 0 bridgehead atoms. The van der Waals surface area contributed by atoms with Crippen molar-refractivity contribution in [1.82, 2.24) is 5.32 Å². The number of rotatable bonds is 6. The highest BCUT2D eigenvalue weighted by Gasteiger charge is 2.34. The Morgan fingerprint density at radius 2 is 1.79 bits per heavy atom. The Bertz CT molecular complexity index is 1150. The van der Waals surface area contributed by atoms with Crippen molar-refractivity contribution in [2.45, 2.75) is 31.2 Å². The Kier molecular flexibility index (Phi) is 4.81. The molecular formula is C22H22N2O3S. The zero-order chi connectivity index (χ0) is 19.7. The number of sulfonamides is 1. The van der Waals surface area contributed by atoms with Gasteiger partial charge in [0.1, 0.15) is 0 Å². The lowest BCUT2D eigenvalue weighted by molar-refractivity contribution is -0.121. The monoisotopic (exact) mass is 394 g/mol. The van der Waals surface area contributed by atoms with Crippen LogP contribution in [0, 0.1) is 6.92 Å². The van der Waals surface area contributed by atoms with Crippen molar-refractivity contribution < 1.29 is 13.2 Å². The first-order valence-electron chi connectivity index (χ1n) is 9.33. The molecule has 0 fully saturated rings. The molecule has 0 aromatic heterocycles. The van der Waals surface area contributed by atoms with E-state index >= 15 is 0 Å². The van der Waals surface area contributed by atoms with Crippen LogP contribution < -0.4 is 9.62 Å². The smallest absolute Gasteiger partial charge is 0.265 e. The predicted octanol–water partition coefficient (Wildman–Crippen LogP) is 3.75. The summed E-state index contributed by atoms with van der Waals surface area (Å²) in [6.45, 7) is 2.78. The minimum atomic E-state index is -3.55. The lowest BCUT2D eigenvalue weighted by atomic mass is 10.1. The van der Waals surface area contributed by atoms with Crippen LogP contribution in [-0.2, 0) is 21.4 Å². The SMILES string of the molecule is Cc1cccc(CNC(=O)CCCN2c3cccc4cccc(c34)S2(=O)=O)c1. The highest BCUT2D eigenvalue weighted by Crippen LogP contribution is 2.41. The summed E-state index contributed by atoms with van der Waals surface area (Å²) in [5.74, 6) is -0.0752. The van der Waals surface area contributed by atoms with E-state index in [1.165, 1.54) is 4.31 Å². The maximum absolute atomic E-state index is 12.9. The van der Waals surface area contributed by atoms with Crippen molar-refractivity contribution in [3.8, 4) is 0 Å². The Morgan fingerprint density at radius 3 is 2.57 bits per heavy atom. The first kappa shape index (κ1) is 18.5. The van der Waals surface area contributed by atoms with Gasteiger partial charge >= 0.3 is 0 Å². The van der Waals surface area contributed by atoms with Crippen LogP contribution in [0.1, 0.15) is 24.0 Å². The van der Waals surface area contributed by atoms with Crippen LogP contribution in [0.15, 0.2) is 65.6 Å². The van der Waals surface area contributed by atoms with E-state index in [1.807, 2.05) is 55.5 Å². The minimum absolute atomic E-state index is 0.0752. The summed E-state index contributed by atoms with van der Waals surface area (Å²) in [6, 6.07) is 18.9. The fourth-order valence-corrected chi connectivity index (χ4v) is 5.44. The second-order valence-corrected chi connectivity index (χ2v) is 8.91. The van der Waals surface area contributed by atoms with Crippen LogP contribution in [0.5, 0.6) is 0 Å². The number of benzene rings is 3. The van der Waals surface area contributed by atoms with E-state index in [0.717, 1.165) is 21.9 Å². The van der Waals surface area contributed by atoms with Gasteiger partial charge in [-0.3, -0.25) is 9.10 Å². The first-order valence-corrected chi connectivity index (χ1v) is 10.8. The van der Waals surface area contributed by atoms with Crippen LogP contribution in [0.3, 0.4) is 0 Å². The number of nitrogens with one attached hydrogen (secondary N) is 1. The molecule has 1 heterocycles. The van der Waals surface area contributed by atoms with Gasteiger partial charge < -0.3 is 5.32 Å². The number of anilines is 1. The number of hydrogen-bond donors (Lipinski definition) is 1. The Labute approximate surface area is 165 Å². The standard InChI is InChI=1S/C22H22N2O3S/c1-16-6-2-7-17(14-16)15-23-21(25)12-5-13-24-19-10-3-8-18-9-4-11-20(22(18)19)28(24,26)27/h2-4,6-11,14H,5,12-13,15H2,1H3,(H,23,25). The van der Waals surface area contributed by atoms with Gasteiger partial charge in [0, 0.05) is 24.9 Å². The van der Waals surface area contributed by atoms with Gasteiger partial charge in [-0.15, -0.1) is 0 Å². The van der Waals surface area contributed by atoms with Crippen LogP contribution in [-0.4, -0.2) is 20.9 Å². The third kappa shape index (κ3) is 3.36. The number of aryl methyl sites for hydroxylation is 1. The molecule has 0 saturated carbocycles. The van der Waals surface area contributed by atoms with Crippen LogP contribution in [0.25, 0.3) is 10.8 Å². The molecule has 0 aliphatic carbocycles. The molecule has 28 heavy (non-hydrogen) atoms. The lowest BCUT2D eigenvalue weighted by Gasteiger charge is -2.18. The normalized spacial score (nSPS) is 14.4. The van der Waals surface area contributed by atoms with Crippen LogP contribution >= 0.6 is 0 Å². The molecule has 0 atom stereocenters. The Balaban J connectivity index is 1.39. The van der Waals surface area contributed by atoms with E-state index in [2.05, 4.69) is 5.32 Å². The van der Waals surface area contributed by atoms with E-state index in [4.69, 9.17) is 0 Å². The number of amides is 1. The number of carbonyl (C=O) groups excluding carboxylic acids is 1. The third-order valence-corrected chi connectivity index (χ3v) is 6.87. The zero-order valence-corrected chi connectivity index (χ0v) is 16.5. The van der Waals surface area contributed by atoms with Crippen molar-refractivity contribution in [2.75, 3.05) is 10.8 Å². The van der Waals surface area contributed by atoms with E-state index in [-0.39, 0.29) is 18.9 Å². The Hall–Kier alpha value is -2.86. The minimum Gasteiger partial charge on any atom is -0.352 e. The van der Waals surface area contributed by atoms with E-state index < -0.39 is 10.0 Å². The van der Waals surface area contributed by atoms with Crippen LogP contribution in [0.4, 0.5) is 5.69 Å². The van der Waals surface area contributed by atoms with Gasteiger partial charge in [0.2, 0.25) is 5.91 Å². The van der Waals surface area contributed by atoms with E-state index in [0.29, 0.717) is 23.5 Å². The molecule has 1 aliphatic heterocycles. The molecule has 5 nitrogen and oxygen atoms in total. The summed E-state index contributed by atoms with van der Waals surface area (Å²) in [5.41, 5.74) is 2.91. The van der Waals surface area contributed by atoms with Crippen LogP contribution in [0.2, 0.25) is 0 Å². The van der Waals surface area contributed by atoms with Crippen molar-refractivity contribution in [1.29, 1.82) is 0 Å². The van der Waals surface area contributed by atoms with E-state index in [9.17, 15) is 13.2 Å². The second-order valence-electron chi connectivity index (χ2n) is 7.08. The number of hydrogen-bond acceptors (Lipinski definition) is 3. The molecule has 3 aromatic carbocycles. The molecule has 1 amide bonds. The number of nitrogens with zero attached hydrogens (tertiary/aromatic N) is 1. The average Bonchev–Trinajstić information content (AvgIpc) is 2.90. The summed E-state index contributed by atoms with van der Waals surface area (Å²) in [6.07, 6.45) is 0.743. The second kappa shape index (κ2) is 7.28. The number of carbonyl (C=O) groups is 1. The summed E-state index contributed by atoms with van der Waals surface area (Å²) < 4.78 is 27.2. The Morgan fingerprint density at radius 1 is 1.04 bits per heavy atom. The predicted molar refractivity (Wildman–Crippen MR) is 111 cm³/mol. The summed E-state index contributed by atoms with van der Waals surface area (Å²) in [4.78, 5) is 12.5. The largest absolute Gasteiger partial charge is 0.352 e.